The van der Waals surface area contributed by atoms with Crippen molar-refractivity contribution in [3.05, 3.63) is 54.2 Å². The van der Waals surface area contributed by atoms with E-state index in [4.69, 9.17) is 10.5 Å². The van der Waals surface area contributed by atoms with E-state index in [0.29, 0.717) is 12.4 Å². The summed E-state index contributed by atoms with van der Waals surface area (Å²) in [5, 5.41) is 7.94. The zero-order valence-electron chi connectivity index (χ0n) is 17.9. The molecule has 0 atom stereocenters. The van der Waals surface area contributed by atoms with Crippen LogP contribution in [0.15, 0.2) is 36.8 Å². The van der Waals surface area contributed by atoms with Gasteiger partial charge in [0.15, 0.2) is 23.1 Å². The lowest BCUT2D eigenvalue weighted by Crippen LogP contribution is -2.22. The summed E-state index contributed by atoms with van der Waals surface area (Å²) in [5.74, 6) is -2.17. The van der Waals surface area contributed by atoms with E-state index in [1.54, 1.807) is 17.0 Å². The van der Waals surface area contributed by atoms with Crippen molar-refractivity contribution in [1.29, 1.82) is 0 Å². The van der Waals surface area contributed by atoms with Crippen molar-refractivity contribution in [3.63, 3.8) is 0 Å². The maximum atomic E-state index is 15.2. The van der Waals surface area contributed by atoms with Crippen LogP contribution < -0.4 is 5.73 Å². The maximum Gasteiger partial charge on any atom is 0.204 e. The summed E-state index contributed by atoms with van der Waals surface area (Å²) in [6.45, 7) is 7.70. The Bertz CT molecular complexity index is 1280. The molecule has 11 heteroatoms. The van der Waals surface area contributed by atoms with Crippen LogP contribution in [-0.4, -0.2) is 38.8 Å². The van der Waals surface area contributed by atoms with Crippen molar-refractivity contribution >= 4 is 19.4 Å². The number of benzene rings is 1. The third-order valence-corrected chi connectivity index (χ3v) is 6.76. The molecule has 7 nitrogen and oxygen atoms in total. The first-order valence-electron chi connectivity index (χ1n) is 10.0. The minimum atomic E-state index is -1.21. The molecule has 0 aliphatic heterocycles. The number of hydrogen-bond donors (Lipinski definition) is 1. The molecular formula is C21H23F3N6OSi. The molecule has 4 aromatic rings. The first kappa shape index (κ1) is 22.0. The van der Waals surface area contributed by atoms with Crippen LogP contribution in [0.4, 0.5) is 18.9 Å². The Morgan fingerprint density at radius 2 is 1.78 bits per heavy atom. The average Bonchev–Trinajstić information content (AvgIpc) is 3.36. The number of imidazole rings is 1. The van der Waals surface area contributed by atoms with Gasteiger partial charge in [0.05, 0.1) is 11.3 Å². The normalized spacial score (nSPS) is 12.1. The summed E-state index contributed by atoms with van der Waals surface area (Å²) in [6, 6.07) is 4.36. The Balaban J connectivity index is 1.68. The van der Waals surface area contributed by atoms with Crippen LogP contribution >= 0.6 is 0 Å². The Kier molecular flexibility index (Phi) is 5.78. The van der Waals surface area contributed by atoms with Gasteiger partial charge in [-0.1, -0.05) is 19.6 Å². The summed E-state index contributed by atoms with van der Waals surface area (Å²) in [7, 11) is -1.21. The Morgan fingerprint density at radius 1 is 1.00 bits per heavy atom. The summed E-state index contributed by atoms with van der Waals surface area (Å²) in [4.78, 5) is 4.30. The van der Waals surface area contributed by atoms with Gasteiger partial charge in [-0.05, 0) is 24.2 Å². The molecule has 0 fully saturated rings. The highest BCUT2D eigenvalue weighted by atomic mass is 28.3. The summed E-state index contributed by atoms with van der Waals surface area (Å²) in [6.07, 6.45) is 4.75. The maximum absolute atomic E-state index is 15.2. The van der Waals surface area contributed by atoms with Gasteiger partial charge in [-0.3, -0.25) is 4.40 Å². The molecule has 168 valence electrons. The van der Waals surface area contributed by atoms with Crippen LogP contribution in [-0.2, 0) is 11.5 Å². The minimum Gasteiger partial charge on any atom is -0.396 e. The number of nitrogens with zero attached hydrogens (tertiary/aromatic N) is 5. The lowest BCUT2D eigenvalue weighted by molar-refractivity contribution is 0.0881. The third-order valence-electron chi connectivity index (χ3n) is 5.05. The Labute approximate surface area is 183 Å². The van der Waals surface area contributed by atoms with E-state index in [-0.39, 0.29) is 29.5 Å². The fraction of sp³-hybridized carbons (Fsp3) is 0.286. The number of hydrogen-bond acceptors (Lipinski definition) is 5. The number of anilines is 1. The van der Waals surface area contributed by atoms with Crippen molar-refractivity contribution in [2.75, 3.05) is 12.3 Å². The molecular weight excluding hydrogens is 437 g/mol. The summed E-state index contributed by atoms with van der Waals surface area (Å²) in [5.41, 5.74) is 4.22. The first-order valence-corrected chi connectivity index (χ1v) is 13.7. The monoisotopic (exact) mass is 460 g/mol. The molecule has 0 unspecified atom stereocenters. The molecule has 0 spiro atoms. The van der Waals surface area contributed by atoms with Gasteiger partial charge in [-0.25, -0.2) is 18.2 Å². The van der Waals surface area contributed by atoms with Crippen molar-refractivity contribution in [2.24, 2.45) is 0 Å². The second-order valence-corrected chi connectivity index (χ2v) is 14.3. The van der Waals surface area contributed by atoms with Gasteiger partial charge in [0, 0.05) is 38.8 Å². The molecule has 32 heavy (non-hydrogen) atoms. The Morgan fingerprint density at radius 3 is 2.53 bits per heavy atom. The number of fused-ring (bicyclic) bond motifs is 1. The van der Waals surface area contributed by atoms with E-state index in [1.807, 2.05) is 0 Å². The van der Waals surface area contributed by atoms with Gasteiger partial charge >= 0.3 is 0 Å². The van der Waals surface area contributed by atoms with E-state index in [0.717, 1.165) is 18.2 Å². The molecule has 0 bridgehead atoms. The zero-order chi connectivity index (χ0) is 23.0. The van der Waals surface area contributed by atoms with E-state index in [2.05, 4.69) is 34.8 Å². The van der Waals surface area contributed by atoms with Crippen molar-refractivity contribution in [1.82, 2.24) is 24.1 Å². The molecule has 4 rings (SSSR count). The van der Waals surface area contributed by atoms with Crippen LogP contribution in [0.3, 0.4) is 0 Å². The molecule has 2 N–H and O–H groups in total. The lowest BCUT2D eigenvalue weighted by Gasteiger charge is -2.16. The number of nitrogens with two attached hydrogens (primary N) is 1. The zero-order valence-corrected chi connectivity index (χ0v) is 18.9. The fourth-order valence-corrected chi connectivity index (χ4v) is 4.00. The molecule has 0 saturated carbocycles. The van der Waals surface area contributed by atoms with Crippen molar-refractivity contribution < 1.29 is 17.9 Å². The van der Waals surface area contributed by atoms with Gasteiger partial charge in [0.25, 0.3) is 0 Å². The largest absolute Gasteiger partial charge is 0.396 e. The quantitative estimate of drug-likeness (QED) is 0.248. The smallest absolute Gasteiger partial charge is 0.204 e. The van der Waals surface area contributed by atoms with Gasteiger partial charge in [-0.15, -0.1) is 10.2 Å². The predicted molar refractivity (Wildman–Crippen MR) is 118 cm³/mol. The first-order chi connectivity index (χ1) is 15.2. The average molecular weight is 461 g/mol. The van der Waals surface area contributed by atoms with Gasteiger partial charge < -0.3 is 15.0 Å². The topological polar surface area (TPSA) is 83.3 Å². The van der Waals surface area contributed by atoms with Gasteiger partial charge in [-0.2, -0.15) is 0 Å². The molecule has 3 heterocycles. The minimum absolute atomic E-state index is 0.187. The highest BCUT2D eigenvalue weighted by Gasteiger charge is 2.23. The van der Waals surface area contributed by atoms with Crippen LogP contribution in [0, 0.1) is 17.5 Å². The van der Waals surface area contributed by atoms with Crippen LogP contribution in [0.2, 0.25) is 25.7 Å². The number of pyridine rings is 1. The highest BCUT2D eigenvalue weighted by Crippen LogP contribution is 2.33. The number of rotatable bonds is 7. The van der Waals surface area contributed by atoms with Crippen molar-refractivity contribution in [2.45, 2.75) is 32.4 Å². The predicted octanol–water partition coefficient (Wildman–Crippen LogP) is 4.57. The van der Waals surface area contributed by atoms with E-state index in [9.17, 15) is 8.78 Å². The number of nitrogen functional groups attached to an aromatic ring is 1. The SMILES string of the molecule is C[Si](C)(C)CCOCn1ccnc1-c1nnc2c(F)c(-c3c(F)ccc(N)c3F)ccn12. The van der Waals surface area contributed by atoms with E-state index in [1.165, 1.54) is 16.7 Å². The van der Waals surface area contributed by atoms with Gasteiger partial charge in [0.1, 0.15) is 12.5 Å². The number of ether oxygens (including phenoxy) is 1. The van der Waals surface area contributed by atoms with E-state index < -0.39 is 31.1 Å². The highest BCUT2D eigenvalue weighted by molar-refractivity contribution is 6.76. The standard InChI is InChI=1S/C21H23F3N6OSi/c1-32(2,3)11-10-31-12-29-9-7-26-20(29)21-28-27-19-17(23)13(6-8-30(19)21)16-14(22)4-5-15(25)18(16)24/h4-9H,10-12,25H2,1-3H3. The molecule has 0 radical (unpaired) electrons. The molecule has 3 aromatic heterocycles. The summed E-state index contributed by atoms with van der Waals surface area (Å²) < 4.78 is 52.8. The molecule has 1 aromatic carbocycles. The van der Waals surface area contributed by atoms with Crippen LogP contribution in [0.5, 0.6) is 0 Å². The van der Waals surface area contributed by atoms with Crippen LogP contribution in [0.25, 0.3) is 28.4 Å². The molecule has 0 aliphatic carbocycles. The molecule has 0 saturated heterocycles. The second kappa shape index (κ2) is 8.39. The Hall–Kier alpha value is -3.18. The van der Waals surface area contributed by atoms with E-state index >= 15 is 4.39 Å². The van der Waals surface area contributed by atoms with Gasteiger partial charge in [0.2, 0.25) is 5.82 Å². The number of halogens is 3. The molecule has 0 aliphatic rings. The molecule has 0 amide bonds. The third kappa shape index (κ3) is 4.13. The number of aromatic nitrogens is 5. The van der Waals surface area contributed by atoms with Crippen molar-refractivity contribution in [3.8, 4) is 22.8 Å². The fourth-order valence-electron chi connectivity index (χ4n) is 3.25. The summed E-state index contributed by atoms with van der Waals surface area (Å²) >= 11 is 0. The second-order valence-electron chi connectivity index (χ2n) is 8.65. The van der Waals surface area contributed by atoms with Crippen LogP contribution in [0.1, 0.15) is 0 Å². The lowest BCUT2D eigenvalue weighted by atomic mass is 10.0.